The Bertz CT molecular complexity index is 925. The second-order valence-corrected chi connectivity index (χ2v) is 7.78. The molecule has 1 amide bonds. The number of nitrogens with one attached hydrogen (secondary N) is 3. The molecule has 0 bridgehead atoms. The summed E-state index contributed by atoms with van der Waals surface area (Å²) in [5.74, 6) is 0.513. The van der Waals surface area contributed by atoms with Crippen molar-refractivity contribution in [3.8, 4) is 11.5 Å². The molecular formula is C18H21N3O5S. The first-order chi connectivity index (χ1) is 12.9. The summed E-state index contributed by atoms with van der Waals surface area (Å²) >= 11 is 0. The van der Waals surface area contributed by atoms with E-state index in [1.54, 1.807) is 30.3 Å². The Kier molecular flexibility index (Phi) is 5.52. The average molecular weight is 391 g/mol. The van der Waals surface area contributed by atoms with E-state index in [1.807, 2.05) is 0 Å². The Labute approximate surface area is 157 Å². The molecule has 2 aromatic rings. The number of hydrogen-bond donors (Lipinski definition) is 3. The van der Waals surface area contributed by atoms with Gasteiger partial charge in [-0.3, -0.25) is 15.6 Å². The quantitative estimate of drug-likeness (QED) is 0.594. The van der Waals surface area contributed by atoms with Crippen LogP contribution in [0.4, 0.5) is 5.69 Å². The molecule has 1 saturated carbocycles. The molecule has 0 atom stereocenters. The maximum absolute atomic E-state index is 12.4. The molecule has 27 heavy (non-hydrogen) atoms. The molecule has 0 aromatic heterocycles. The number of methoxy groups -OCH3 is 2. The zero-order chi connectivity index (χ0) is 19.4. The average Bonchev–Trinajstić information content (AvgIpc) is 3.49. The molecule has 8 nitrogen and oxygen atoms in total. The SMILES string of the molecule is COc1ccc(OC)c(C(=O)NNc2ccc(S(=O)(=O)NC3CC3)cc2)c1. The Morgan fingerprint density at radius 1 is 1.04 bits per heavy atom. The lowest BCUT2D eigenvalue weighted by atomic mass is 10.2. The van der Waals surface area contributed by atoms with Gasteiger partial charge in [0.15, 0.2) is 0 Å². The van der Waals surface area contributed by atoms with Gasteiger partial charge in [-0.2, -0.15) is 0 Å². The van der Waals surface area contributed by atoms with Crippen LogP contribution in [0.5, 0.6) is 11.5 Å². The maximum atomic E-state index is 12.4. The highest BCUT2D eigenvalue weighted by molar-refractivity contribution is 7.89. The number of carbonyl (C=O) groups excluding carboxylic acids is 1. The van der Waals surface area contributed by atoms with Crippen LogP contribution in [0.2, 0.25) is 0 Å². The molecule has 144 valence electrons. The highest BCUT2D eigenvalue weighted by Crippen LogP contribution is 2.24. The monoisotopic (exact) mass is 391 g/mol. The van der Waals surface area contributed by atoms with Crippen LogP contribution in [0.3, 0.4) is 0 Å². The van der Waals surface area contributed by atoms with Crippen molar-refractivity contribution in [3.05, 3.63) is 48.0 Å². The fourth-order valence-corrected chi connectivity index (χ4v) is 3.70. The Morgan fingerprint density at radius 3 is 2.33 bits per heavy atom. The number of anilines is 1. The molecule has 9 heteroatoms. The van der Waals surface area contributed by atoms with Crippen LogP contribution in [-0.2, 0) is 10.0 Å². The van der Waals surface area contributed by atoms with Gasteiger partial charge in [-0.1, -0.05) is 0 Å². The lowest BCUT2D eigenvalue weighted by molar-refractivity contribution is 0.0959. The van der Waals surface area contributed by atoms with Crippen molar-refractivity contribution in [2.45, 2.75) is 23.8 Å². The number of benzene rings is 2. The smallest absolute Gasteiger partial charge is 0.273 e. The normalized spacial score (nSPS) is 13.7. The van der Waals surface area contributed by atoms with E-state index in [9.17, 15) is 13.2 Å². The summed E-state index contributed by atoms with van der Waals surface area (Å²) < 4.78 is 37.2. The second-order valence-electron chi connectivity index (χ2n) is 6.07. The summed E-state index contributed by atoms with van der Waals surface area (Å²) in [6, 6.07) is 11.0. The number of sulfonamides is 1. The van der Waals surface area contributed by atoms with Gasteiger partial charge in [-0.25, -0.2) is 13.1 Å². The largest absolute Gasteiger partial charge is 0.497 e. The molecule has 3 rings (SSSR count). The van der Waals surface area contributed by atoms with Gasteiger partial charge >= 0.3 is 0 Å². The van der Waals surface area contributed by atoms with Crippen molar-refractivity contribution < 1.29 is 22.7 Å². The van der Waals surface area contributed by atoms with Gasteiger partial charge < -0.3 is 9.47 Å². The Balaban J connectivity index is 1.65. The van der Waals surface area contributed by atoms with E-state index in [-0.39, 0.29) is 10.9 Å². The van der Waals surface area contributed by atoms with Gasteiger partial charge in [0.2, 0.25) is 10.0 Å². The highest BCUT2D eigenvalue weighted by Gasteiger charge is 2.27. The predicted octanol–water partition coefficient (Wildman–Crippen LogP) is 1.90. The van der Waals surface area contributed by atoms with Crippen molar-refractivity contribution in [1.29, 1.82) is 0 Å². The molecule has 1 fully saturated rings. The number of hydrazine groups is 1. The lowest BCUT2D eigenvalue weighted by Gasteiger charge is -2.13. The van der Waals surface area contributed by atoms with Crippen LogP contribution < -0.4 is 25.0 Å². The van der Waals surface area contributed by atoms with E-state index in [2.05, 4.69) is 15.6 Å². The Morgan fingerprint density at radius 2 is 1.74 bits per heavy atom. The van der Waals surface area contributed by atoms with Gasteiger partial charge in [0.25, 0.3) is 5.91 Å². The van der Waals surface area contributed by atoms with E-state index in [0.717, 1.165) is 12.8 Å². The number of carbonyl (C=O) groups is 1. The minimum atomic E-state index is -3.50. The third-order valence-electron chi connectivity index (χ3n) is 4.04. The van der Waals surface area contributed by atoms with Crippen molar-refractivity contribution in [3.63, 3.8) is 0 Å². The lowest BCUT2D eigenvalue weighted by Crippen LogP contribution is -2.30. The minimum absolute atomic E-state index is 0.0462. The zero-order valence-electron chi connectivity index (χ0n) is 15.0. The summed E-state index contributed by atoms with van der Waals surface area (Å²) in [6.45, 7) is 0. The standard InChI is InChI=1S/C18H21N3O5S/c1-25-14-7-10-17(26-2)16(11-14)18(22)20-19-12-5-8-15(9-6-12)27(23,24)21-13-3-4-13/h5-11,13,19,21H,3-4H2,1-2H3,(H,20,22). The van der Waals surface area contributed by atoms with Crippen LogP contribution in [0, 0.1) is 0 Å². The molecule has 2 aromatic carbocycles. The molecule has 0 radical (unpaired) electrons. The molecule has 3 N–H and O–H groups in total. The summed E-state index contributed by atoms with van der Waals surface area (Å²) in [7, 11) is -0.518. The number of ether oxygens (including phenoxy) is 2. The van der Waals surface area contributed by atoms with Crippen molar-refractivity contribution in [1.82, 2.24) is 10.1 Å². The van der Waals surface area contributed by atoms with Crippen molar-refractivity contribution in [2.75, 3.05) is 19.6 Å². The topological polar surface area (TPSA) is 106 Å². The molecule has 1 aliphatic rings. The maximum Gasteiger partial charge on any atom is 0.273 e. The molecule has 0 saturated heterocycles. The molecule has 1 aliphatic carbocycles. The van der Waals surface area contributed by atoms with Crippen molar-refractivity contribution >= 4 is 21.6 Å². The van der Waals surface area contributed by atoms with Crippen LogP contribution in [-0.4, -0.2) is 34.6 Å². The minimum Gasteiger partial charge on any atom is -0.497 e. The van der Waals surface area contributed by atoms with Gasteiger partial charge in [0.05, 0.1) is 30.4 Å². The third kappa shape index (κ3) is 4.69. The van der Waals surface area contributed by atoms with Crippen LogP contribution >= 0.6 is 0 Å². The van der Waals surface area contributed by atoms with E-state index in [4.69, 9.17) is 9.47 Å². The van der Waals surface area contributed by atoms with E-state index in [0.29, 0.717) is 22.7 Å². The molecule has 0 unspecified atom stereocenters. The number of amides is 1. The fraction of sp³-hybridized carbons (Fsp3) is 0.278. The van der Waals surface area contributed by atoms with Gasteiger partial charge in [-0.15, -0.1) is 0 Å². The zero-order valence-corrected chi connectivity index (χ0v) is 15.8. The summed E-state index contributed by atoms with van der Waals surface area (Å²) in [4.78, 5) is 12.6. The highest BCUT2D eigenvalue weighted by atomic mass is 32.2. The molecule has 0 heterocycles. The summed E-state index contributed by atoms with van der Waals surface area (Å²) in [5.41, 5.74) is 6.14. The van der Waals surface area contributed by atoms with E-state index >= 15 is 0 Å². The first kappa shape index (κ1) is 19.0. The fourth-order valence-electron chi connectivity index (χ4n) is 2.39. The molecule has 0 spiro atoms. The van der Waals surface area contributed by atoms with Crippen LogP contribution in [0.1, 0.15) is 23.2 Å². The van der Waals surface area contributed by atoms with Crippen molar-refractivity contribution in [2.24, 2.45) is 0 Å². The van der Waals surface area contributed by atoms with Crippen LogP contribution in [0.15, 0.2) is 47.4 Å². The van der Waals surface area contributed by atoms with E-state index < -0.39 is 15.9 Å². The Hall–Kier alpha value is -2.78. The first-order valence-electron chi connectivity index (χ1n) is 8.34. The third-order valence-corrected chi connectivity index (χ3v) is 5.57. The van der Waals surface area contributed by atoms with Crippen LogP contribution in [0.25, 0.3) is 0 Å². The van der Waals surface area contributed by atoms with E-state index in [1.165, 1.54) is 26.4 Å². The number of rotatable bonds is 8. The predicted molar refractivity (Wildman–Crippen MR) is 100 cm³/mol. The first-order valence-corrected chi connectivity index (χ1v) is 9.82. The van der Waals surface area contributed by atoms with Gasteiger partial charge in [-0.05, 0) is 55.3 Å². The summed E-state index contributed by atoms with van der Waals surface area (Å²) in [6.07, 6.45) is 1.75. The second kappa shape index (κ2) is 7.85. The number of hydrogen-bond acceptors (Lipinski definition) is 6. The summed E-state index contributed by atoms with van der Waals surface area (Å²) in [5, 5.41) is 0. The van der Waals surface area contributed by atoms with Gasteiger partial charge in [0, 0.05) is 6.04 Å². The molecular weight excluding hydrogens is 370 g/mol. The molecule has 0 aliphatic heterocycles. The van der Waals surface area contributed by atoms with Gasteiger partial charge in [0.1, 0.15) is 11.5 Å².